The van der Waals surface area contributed by atoms with Crippen LogP contribution in [0.15, 0.2) is 41.1 Å². The van der Waals surface area contributed by atoms with Gasteiger partial charge >= 0.3 is 0 Å². The SMILES string of the molecule is Clc1cccc(OC(c2ncco2)[C@H]2CCNC2)c1. The van der Waals surface area contributed by atoms with Crippen LogP contribution in [0.25, 0.3) is 0 Å². The molecule has 5 heteroatoms. The van der Waals surface area contributed by atoms with Crippen molar-refractivity contribution in [3.63, 3.8) is 0 Å². The molecule has 0 aliphatic carbocycles. The molecule has 1 saturated heterocycles. The van der Waals surface area contributed by atoms with Gasteiger partial charge in [-0.2, -0.15) is 0 Å². The lowest BCUT2D eigenvalue weighted by Crippen LogP contribution is -2.21. The predicted octanol–water partition coefficient (Wildman–Crippen LogP) is 3.06. The average molecular weight is 279 g/mol. The topological polar surface area (TPSA) is 47.3 Å². The normalized spacial score (nSPS) is 20.4. The molecule has 1 unspecified atom stereocenters. The van der Waals surface area contributed by atoms with E-state index < -0.39 is 0 Å². The number of oxazole rings is 1. The Labute approximate surface area is 116 Å². The van der Waals surface area contributed by atoms with E-state index in [1.54, 1.807) is 18.5 Å². The summed E-state index contributed by atoms with van der Waals surface area (Å²) in [6.45, 7) is 1.91. The molecule has 0 saturated carbocycles. The minimum absolute atomic E-state index is 0.177. The maximum atomic E-state index is 6.04. The zero-order valence-corrected chi connectivity index (χ0v) is 11.1. The van der Waals surface area contributed by atoms with Crippen LogP contribution in [-0.4, -0.2) is 18.1 Å². The van der Waals surface area contributed by atoms with Gasteiger partial charge in [0.2, 0.25) is 5.89 Å². The molecule has 1 N–H and O–H groups in total. The van der Waals surface area contributed by atoms with Crippen LogP contribution in [0, 0.1) is 5.92 Å². The van der Waals surface area contributed by atoms with Crippen LogP contribution >= 0.6 is 11.6 Å². The number of hydrogen-bond acceptors (Lipinski definition) is 4. The molecule has 1 fully saturated rings. The van der Waals surface area contributed by atoms with Crippen molar-refractivity contribution in [2.75, 3.05) is 13.1 Å². The van der Waals surface area contributed by atoms with E-state index >= 15 is 0 Å². The predicted molar refractivity (Wildman–Crippen MR) is 72.3 cm³/mol. The van der Waals surface area contributed by atoms with Crippen LogP contribution in [0.1, 0.15) is 18.4 Å². The second kappa shape index (κ2) is 5.63. The van der Waals surface area contributed by atoms with Gasteiger partial charge in [-0.05, 0) is 31.2 Å². The number of hydrogen-bond donors (Lipinski definition) is 1. The summed E-state index contributed by atoms with van der Waals surface area (Å²) in [6.07, 6.45) is 4.09. The van der Waals surface area contributed by atoms with Gasteiger partial charge in [-0.15, -0.1) is 0 Å². The highest BCUT2D eigenvalue weighted by molar-refractivity contribution is 6.30. The highest BCUT2D eigenvalue weighted by Crippen LogP contribution is 2.31. The lowest BCUT2D eigenvalue weighted by molar-refractivity contribution is 0.114. The molecule has 0 amide bonds. The maximum absolute atomic E-state index is 6.04. The molecule has 4 nitrogen and oxygen atoms in total. The van der Waals surface area contributed by atoms with Crippen LogP contribution in [0.4, 0.5) is 0 Å². The summed E-state index contributed by atoms with van der Waals surface area (Å²) in [4.78, 5) is 4.23. The molecule has 2 aromatic rings. The molecular formula is C14H15ClN2O2. The van der Waals surface area contributed by atoms with Crippen molar-refractivity contribution in [3.05, 3.63) is 47.6 Å². The van der Waals surface area contributed by atoms with Gasteiger partial charge in [0, 0.05) is 17.5 Å². The molecule has 19 heavy (non-hydrogen) atoms. The van der Waals surface area contributed by atoms with E-state index in [2.05, 4.69) is 10.3 Å². The third-order valence-corrected chi connectivity index (χ3v) is 3.52. The van der Waals surface area contributed by atoms with Crippen molar-refractivity contribution >= 4 is 11.6 Å². The first-order valence-corrected chi connectivity index (χ1v) is 6.73. The second-order valence-electron chi connectivity index (χ2n) is 4.62. The summed E-state index contributed by atoms with van der Waals surface area (Å²) in [6, 6.07) is 7.40. The summed E-state index contributed by atoms with van der Waals surface area (Å²) < 4.78 is 11.5. The van der Waals surface area contributed by atoms with E-state index in [1.807, 2.05) is 18.2 Å². The van der Waals surface area contributed by atoms with E-state index in [4.69, 9.17) is 20.8 Å². The summed E-state index contributed by atoms with van der Waals surface area (Å²) in [5.41, 5.74) is 0. The lowest BCUT2D eigenvalue weighted by atomic mass is 10.0. The highest BCUT2D eigenvalue weighted by Gasteiger charge is 2.31. The summed E-state index contributed by atoms with van der Waals surface area (Å²) in [5, 5.41) is 4.00. The zero-order chi connectivity index (χ0) is 13.1. The highest BCUT2D eigenvalue weighted by atomic mass is 35.5. The summed E-state index contributed by atoms with van der Waals surface area (Å²) in [7, 11) is 0. The number of nitrogens with one attached hydrogen (secondary N) is 1. The Balaban J connectivity index is 1.83. The van der Waals surface area contributed by atoms with Crippen molar-refractivity contribution in [1.82, 2.24) is 10.3 Å². The molecule has 1 aliphatic heterocycles. The van der Waals surface area contributed by atoms with Gasteiger partial charge in [-0.1, -0.05) is 17.7 Å². The van der Waals surface area contributed by atoms with Crippen molar-refractivity contribution in [2.45, 2.75) is 12.5 Å². The first-order chi connectivity index (χ1) is 9.33. The number of ether oxygens (including phenoxy) is 1. The standard InChI is InChI=1S/C14H15ClN2O2/c15-11-2-1-3-12(8-11)19-13(10-4-5-16-9-10)14-17-6-7-18-14/h1-3,6-8,10,13,16H,4-5,9H2/t10-,13?/m0/s1. The largest absolute Gasteiger partial charge is 0.480 e. The molecule has 1 aromatic carbocycles. The first-order valence-electron chi connectivity index (χ1n) is 6.35. The van der Waals surface area contributed by atoms with Crippen molar-refractivity contribution in [3.8, 4) is 5.75 Å². The molecule has 1 aliphatic rings. The van der Waals surface area contributed by atoms with Gasteiger partial charge in [0.25, 0.3) is 0 Å². The Morgan fingerprint density at radius 2 is 2.42 bits per heavy atom. The van der Waals surface area contributed by atoms with Gasteiger partial charge in [-0.25, -0.2) is 4.98 Å². The van der Waals surface area contributed by atoms with Gasteiger partial charge in [0.1, 0.15) is 12.0 Å². The lowest BCUT2D eigenvalue weighted by Gasteiger charge is -2.21. The van der Waals surface area contributed by atoms with Crippen LogP contribution in [0.2, 0.25) is 5.02 Å². The van der Waals surface area contributed by atoms with Gasteiger partial charge < -0.3 is 14.5 Å². The van der Waals surface area contributed by atoms with E-state index in [0.717, 1.165) is 25.3 Å². The van der Waals surface area contributed by atoms with Gasteiger partial charge in [0.05, 0.1) is 6.20 Å². The van der Waals surface area contributed by atoms with E-state index in [0.29, 0.717) is 16.8 Å². The van der Waals surface area contributed by atoms with E-state index in [9.17, 15) is 0 Å². The zero-order valence-electron chi connectivity index (χ0n) is 10.4. The maximum Gasteiger partial charge on any atom is 0.235 e. The van der Waals surface area contributed by atoms with Gasteiger partial charge in [-0.3, -0.25) is 0 Å². The number of benzene rings is 1. The first kappa shape index (κ1) is 12.5. The minimum Gasteiger partial charge on any atom is -0.480 e. The quantitative estimate of drug-likeness (QED) is 0.934. The Kier molecular flexibility index (Phi) is 3.71. The molecule has 0 bridgehead atoms. The number of aromatic nitrogens is 1. The van der Waals surface area contributed by atoms with Crippen molar-refractivity contribution in [2.24, 2.45) is 5.92 Å². The monoisotopic (exact) mass is 278 g/mol. The van der Waals surface area contributed by atoms with Crippen LogP contribution < -0.4 is 10.1 Å². The second-order valence-corrected chi connectivity index (χ2v) is 5.06. The van der Waals surface area contributed by atoms with Gasteiger partial charge in [0.15, 0.2) is 6.10 Å². The number of rotatable bonds is 4. The molecule has 0 spiro atoms. The number of nitrogens with zero attached hydrogens (tertiary/aromatic N) is 1. The molecular weight excluding hydrogens is 264 g/mol. The van der Waals surface area contributed by atoms with E-state index in [-0.39, 0.29) is 6.10 Å². The fraction of sp³-hybridized carbons (Fsp3) is 0.357. The molecule has 100 valence electrons. The third-order valence-electron chi connectivity index (χ3n) is 3.28. The van der Waals surface area contributed by atoms with Crippen LogP contribution in [0.5, 0.6) is 5.75 Å². The van der Waals surface area contributed by atoms with E-state index in [1.165, 1.54) is 0 Å². The Hall–Kier alpha value is -1.52. The van der Waals surface area contributed by atoms with Crippen molar-refractivity contribution < 1.29 is 9.15 Å². The Bertz CT molecular complexity index is 524. The Morgan fingerprint density at radius 3 is 3.11 bits per heavy atom. The average Bonchev–Trinajstić information content (AvgIpc) is 3.10. The molecule has 0 radical (unpaired) electrons. The smallest absolute Gasteiger partial charge is 0.235 e. The molecule has 2 heterocycles. The molecule has 2 atom stereocenters. The fourth-order valence-electron chi connectivity index (χ4n) is 2.35. The van der Waals surface area contributed by atoms with Crippen molar-refractivity contribution in [1.29, 1.82) is 0 Å². The van der Waals surface area contributed by atoms with Crippen LogP contribution in [-0.2, 0) is 0 Å². The third kappa shape index (κ3) is 2.91. The molecule has 1 aromatic heterocycles. The minimum atomic E-state index is -0.177. The summed E-state index contributed by atoms with van der Waals surface area (Å²) >= 11 is 5.98. The molecule has 3 rings (SSSR count). The Morgan fingerprint density at radius 1 is 1.47 bits per heavy atom. The summed E-state index contributed by atoms with van der Waals surface area (Å²) in [5.74, 6) is 1.72. The number of halogens is 1. The fourth-order valence-corrected chi connectivity index (χ4v) is 2.53. The van der Waals surface area contributed by atoms with Crippen LogP contribution in [0.3, 0.4) is 0 Å².